The first kappa shape index (κ1) is 14.4. The molecule has 2 heterocycles. The minimum absolute atomic E-state index is 0.398. The molecule has 0 aliphatic carbocycles. The van der Waals surface area contributed by atoms with Crippen LogP contribution in [0.3, 0.4) is 0 Å². The van der Waals surface area contributed by atoms with Gasteiger partial charge in [-0.25, -0.2) is 9.97 Å². The molecule has 0 saturated carbocycles. The van der Waals surface area contributed by atoms with Gasteiger partial charge in [-0.3, -0.25) is 0 Å². The number of hydrogen-bond acceptors (Lipinski definition) is 5. The predicted molar refractivity (Wildman–Crippen MR) is 87.9 cm³/mol. The molecule has 0 atom stereocenters. The lowest BCUT2D eigenvalue weighted by Crippen LogP contribution is -2.02. The maximum Gasteiger partial charge on any atom is 0.278 e. The van der Waals surface area contributed by atoms with E-state index < -0.39 is 0 Å². The highest BCUT2D eigenvalue weighted by Gasteiger charge is 2.16. The van der Waals surface area contributed by atoms with E-state index >= 15 is 0 Å². The van der Waals surface area contributed by atoms with Crippen LogP contribution in [0, 0.1) is 0 Å². The van der Waals surface area contributed by atoms with Crippen molar-refractivity contribution in [1.29, 1.82) is 0 Å². The zero-order chi connectivity index (χ0) is 14.8. The van der Waals surface area contributed by atoms with Crippen molar-refractivity contribution in [3.63, 3.8) is 0 Å². The molecule has 1 aromatic heterocycles. The quantitative estimate of drug-likeness (QED) is 0.826. The first-order valence-electron chi connectivity index (χ1n) is 6.29. The molecule has 0 unspecified atom stereocenters. The average molecular weight is 365 g/mol. The molecule has 3 rings (SSSR count). The van der Waals surface area contributed by atoms with Gasteiger partial charge in [-0.15, -0.1) is 11.8 Å². The van der Waals surface area contributed by atoms with Gasteiger partial charge >= 0.3 is 0 Å². The van der Waals surface area contributed by atoms with Crippen LogP contribution >= 0.6 is 27.7 Å². The number of fused-ring (bicyclic) bond motifs is 1. The molecule has 21 heavy (non-hydrogen) atoms. The number of nitrogens with zero attached hydrogens (tertiary/aromatic N) is 2. The average Bonchev–Trinajstić information content (AvgIpc) is 2.53. The largest absolute Gasteiger partial charge is 0.477 e. The Morgan fingerprint density at radius 2 is 2.00 bits per heavy atom. The highest BCUT2D eigenvalue weighted by atomic mass is 79.9. The third-order valence-electron chi connectivity index (χ3n) is 3.11. The molecule has 0 radical (unpaired) electrons. The molecule has 0 fully saturated rings. The maximum absolute atomic E-state index is 5.21. The number of halogens is 1. The van der Waals surface area contributed by atoms with Crippen LogP contribution in [0.1, 0.15) is 11.3 Å². The van der Waals surface area contributed by atoms with E-state index in [9.17, 15) is 0 Å². The van der Waals surface area contributed by atoms with Gasteiger partial charge in [-0.2, -0.15) is 0 Å². The van der Waals surface area contributed by atoms with E-state index in [2.05, 4.69) is 44.1 Å². The minimum Gasteiger partial charge on any atom is -0.477 e. The van der Waals surface area contributed by atoms with Gasteiger partial charge in [0.15, 0.2) is 0 Å². The molecule has 2 aromatic rings. The van der Waals surface area contributed by atoms with Crippen molar-refractivity contribution >= 4 is 39.3 Å². The Kier molecular flexibility index (Phi) is 4.17. The third kappa shape index (κ3) is 2.91. The molecule has 0 bridgehead atoms. The number of hydrogen-bond donors (Lipinski definition) is 0. The normalized spacial score (nSPS) is 13.4. The summed E-state index contributed by atoms with van der Waals surface area (Å²) in [6.07, 6.45) is 3.87. The summed E-state index contributed by atoms with van der Waals surface area (Å²) in [4.78, 5) is 9.99. The summed E-state index contributed by atoms with van der Waals surface area (Å²) < 4.78 is 11.4. The fourth-order valence-corrected chi connectivity index (χ4v) is 3.63. The Labute approximate surface area is 135 Å². The molecule has 108 valence electrons. The van der Waals surface area contributed by atoms with Gasteiger partial charge in [0.1, 0.15) is 0 Å². The van der Waals surface area contributed by atoms with Crippen LogP contribution in [0.2, 0.25) is 0 Å². The van der Waals surface area contributed by atoms with E-state index in [1.54, 1.807) is 32.2 Å². The number of ether oxygens (including phenoxy) is 2. The van der Waals surface area contributed by atoms with Gasteiger partial charge in [0, 0.05) is 15.1 Å². The topological polar surface area (TPSA) is 44.2 Å². The first-order chi connectivity index (χ1) is 10.2. The standard InChI is InChI=1S/C15H13BrN2O2S/c1-19-14-15(20-2)18-12(7-17-14)10-5-9-3-4-11(16)6-13(9)21-8-10/h3-7H,8H2,1-2H3. The van der Waals surface area contributed by atoms with Crippen LogP contribution in [0.5, 0.6) is 11.8 Å². The monoisotopic (exact) mass is 364 g/mol. The SMILES string of the molecule is COc1ncc(C2=Cc3ccc(Br)cc3SC2)nc1OC. The zero-order valence-corrected chi connectivity index (χ0v) is 14.0. The second-order valence-electron chi connectivity index (χ2n) is 4.41. The van der Waals surface area contributed by atoms with Crippen molar-refractivity contribution in [2.45, 2.75) is 4.90 Å². The number of methoxy groups -OCH3 is 2. The third-order valence-corrected chi connectivity index (χ3v) is 4.73. The van der Waals surface area contributed by atoms with Crippen LogP contribution in [-0.2, 0) is 0 Å². The Bertz CT molecular complexity index is 719. The molecule has 0 spiro atoms. The van der Waals surface area contributed by atoms with Gasteiger partial charge in [0.25, 0.3) is 11.8 Å². The van der Waals surface area contributed by atoms with Crippen molar-refractivity contribution < 1.29 is 9.47 Å². The summed E-state index contributed by atoms with van der Waals surface area (Å²) in [7, 11) is 3.11. The van der Waals surface area contributed by atoms with E-state index in [4.69, 9.17) is 9.47 Å². The van der Waals surface area contributed by atoms with E-state index in [1.807, 2.05) is 6.07 Å². The van der Waals surface area contributed by atoms with Gasteiger partial charge < -0.3 is 9.47 Å². The van der Waals surface area contributed by atoms with E-state index in [0.717, 1.165) is 21.5 Å². The molecule has 1 aliphatic heterocycles. The summed E-state index contributed by atoms with van der Waals surface area (Å²) in [5.41, 5.74) is 3.14. The summed E-state index contributed by atoms with van der Waals surface area (Å²) in [6.45, 7) is 0. The lowest BCUT2D eigenvalue weighted by atomic mass is 10.1. The summed E-state index contributed by atoms with van der Waals surface area (Å²) in [5.74, 6) is 1.66. The van der Waals surface area contributed by atoms with Crippen molar-refractivity contribution in [2.75, 3.05) is 20.0 Å². The molecule has 6 heteroatoms. The number of benzene rings is 1. The molecule has 1 aliphatic rings. The predicted octanol–water partition coefficient (Wildman–Crippen LogP) is 3.90. The highest BCUT2D eigenvalue weighted by Crippen LogP contribution is 2.37. The molecule has 4 nitrogen and oxygen atoms in total. The van der Waals surface area contributed by atoms with Gasteiger partial charge in [-0.05, 0) is 29.3 Å². The summed E-state index contributed by atoms with van der Waals surface area (Å²) in [6, 6.07) is 6.27. The van der Waals surface area contributed by atoms with Gasteiger partial charge in [-0.1, -0.05) is 22.0 Å². The van der Waals surface area contributed by atoms with E-state index in [1.165, 1.54) is 10.5 Å². The maximum atomic E-state index is 5.21. The Morgan fingerprint density at radius 3 is 2.76 bits per heavy atom. The van der Waals surface area contributed by atoms with Gasteiger partial charge in [0.2, 0.25) is 0 Å². The van der Waals surface area contributed by atoms with Crippen molar-refractivity contribution in [2.24, 2.45) is 0 Å². The van der Waals surface area contributed by atoms with Crippen LogP contribution in [0.15, 0.2) is 33.8 Å². The summed E-state index contributed by atoms with van der Waals surface area (Å²) in [5, 5.41) is 0. The number of rotatable bonds is 3. The second kappa shape index (κ2) is 6.07. The van der Waals surface area contributed by atoms with Crippen molar-refractivity contribution in [3.8, 4) is 11.8 Å². The molecule has 0 saturated heterocycles. The van der Waals surface area contributed by atoms with Gasteiger partial charge in [0.05, 0.1) is 26.1 Å². The Morgan fingerprint density at radius 1 is 1.19 bits per heavy atom. The minimum atomic E-state index is 0.398. The lowest BCUT2D eigenvalue weighted by Gasteiger charge is -2.16. The van der Waals surface area contributed by atoms with Crippen LogP contribution in [-0.4, -0.2) is 29.9 Å². The number of aromatic nitrogens is 2. The molecular formula is C15H13BrN2O2S. The molecular weight excluding hydrogens is 352 g/mol. The molecule has 1 aromatic carbocycles. The number of thioether (sulfide) groups is 1. The Hall–Kier alpha value is -1.53. The van der Waals surface area contributed by atoms with Crippen molar-refractivity contribution in [3.05, 3.63) is 40.1 Å². The van der Waals surface area contributed by atoms with Crippen LogP contribution < -0.4 is 9.47 Å². The first-order valence-corrected chi connectivity index (χ1v) is 8.07. The zero-order valence-electron chi connectivity index (χ0n) is 11.6. The second-order valence-corrected chi connectivity index (χ2v) is 6.35. The highest BCUT2D eigenvalue weighted by molar-refractivity contribution is 9.10. The fourth-order valence-electron chi connectivity index (χ4n) is 2.07. The van der Waals surface area contributed by atoms with Crippen LogP contribution in [0.25, 0.3) is 11.6 Å². The van der Waals surface area contributed by atoms with E-state index in [0.29, 0.717) is 11.8 Å². The summed E-state index contributed by atoms with van der Waals surface area (Å²) >= 11 is 5.29. The Balaban J connectivity index is 2.00. The van der Waals surface area contributed by atoms with Crippen molar-refractivity contribution in [1.82, 2.24) is 9.97 Å². The molecule has 0 N–H and O–H groups in total. The lowest BCUT2D eigenvalue weighted by molar-refractivity contribution is 0.331. The fraction of sp³-hybridized carbons (Fsp3) is 0.200. The van der Waals surface area contributed by atoms with E-state index in [-0.39, 0.29) is 0 Å². The van der Waals surface area contributed by atoms with Crippen LogP contribution in [0.4, 0.5) is 0 Å². The molecule has 0 amide bonds. The smallest absolute Gasteiger partial charge is 0.278 e.